The van der Waals surface area contributed by atoms with E-state index in [2.05, 4.69) is 0 Å². The van der Waals surface area contributed by atoms with Crippen LogP contribution in [0.15, 0.2) is 42.5 Å². The summed E-state index contributed by atoms with van der Waals surface area (Å²) < 4.78 is 10.3. The van der Waals surface area contributed by atoms with Crippen molar-refractivity contribution in [3.05, 3.63) is 59.2 Å². The molecule has 0 atom stereocenters. The predicted molar refractivity (Wildman–Crippen MR) is 80.2 cm³/mol. The van der Waals surface area contributed by atoms with E-state index in [4.69, 9.17) is 14.6 Å². The van der Waals surface area contributed by atoms with Gasteiger partial charge in [-0.05, 0) is 36.2 Å². The van der Waals surface area contributed by atoms with Crippen LogP contribution in [-0.4, -0.2) is 31.7 Å². The zero-order valence-electron chi connectivity index (χ0n) is 12.1. The number of carbonyl (C=O) groups excluding carboxylic acids is 1. The van der Waals surface area contributed by atoms with Crippen molar-refractivity contribution in [2.24, 2.45) is 0 Å². The van der Waals surface area contributed by atoms with Crippen LogP contribution in [0.1, 0.15) is 21.5 Å². The molecule has 110 valence electrons. The van der Waals surface area contributed by atoms with Gasteiger partial charge in [0.1, 0.15) is 11.5 Å². The van der Waals surface area contributed by atoms with Gasteiger partial charge >= 0.3 is 0 Å². The van der Waals surface area contributed by atoms with E-state index in [1.54, 1.807) is 50.6 Å². The first kappa shape index (κ1) is 15.1. The van der Waals surface area contributed by atoms with Crippen LogP contribution in [0.5, 0.6) is 11.5 Å². The van der Waals surface area contributed by atoms with E-state index < -0.39 is 0 Å². The monoisotopic (exact) mass is 286 g/mol. The largest absolute Gasteiger partial charge is 0.497 e. The molecule has 0 spiro atoms. The summed E-state index contributed by atoms with van der Waals surface area (Å²) in [5, 5.41) is 9.14. The summed E-state index contributed by atoms with van der Waals surface area (Å²) in [6, 6.07) is 12.3. The van der Waals surface area contributed by atoms with Crippen LogP contribution < -0.4 is 9.47 Å². The molecule has 4 heteroatoms. The molecule has 0 aliphatic rings. The molecule has 0 unspecified atom stereocenters. The van der Waals surface area contributed by atoms with Crippen LogP contribution >= 0.6 is 0 Å². The Bertz CT molecular complexity index is 634. The number of benzene rings is 2. The maximum absolute atomic E-state index is 12.7. The number of rotatable bonds is 6. The van der Waals surface area contributed by atoms with E-state index in [1.165, 1.54) is 0 Å². The lowest BCUT2D eigenvalue weighted by Crippen LogP contribution is -2.07. The highest BCUT2D eigenvalue weighted by atomic mass is 16.5. The van der Waals surface area contributed by atoms with Crippen LogP contribution in [-0.2, 0) is 6.42 Å². The average Bonchev–Trinajstić information content (AvgIpc) is 2.55. The molecule has 4 nitrogen and oxygen atoms in total. The Kier molecular flexibility index (Phi) is 4.95. The Morgan fingerprint density at radius 2 is 1.76 bits per heavy atom. The number of aliphatic hydroxyl groups is 1. The molecular formula is C17H18O4. The number of hydrogen-bond donors (Lipinski definition) is 1. The summed E-state index contributed by atoms with van der Waals surface area (Å²) >= 11 is 0. The molecule has 1 N–H and O–H groups in total. The van der Waals surface area contributed by atoms with Crippen LogP contribution in [0, 0.1) is 0 Å². The second-order valence-electron chi connectivity index (χ2n) is 4.56. The van der Waals surface area contributed by atoms with Gasteiger partial charge in [-0.1, -0.05) is 18.2 Å². The summed E-state index contributed by atoms with van der Waals surface area (Å²) in [6.45, 7) is -0.00921. The van der Waals surface area contributed by atoms with Crippen molar-refractivity contribution in [3.63, 3.8) is 0 Å². The standard InChI is InChI=1S/C17H18O4/c1-20-14-5-3-4-13(10-14)17(19)16-11-15(21-2)7-6-12(16)8-9-18/h3-7,10-11,18H,8-9H2,1-2H3. The Morgan fingerprint density at radius 3 is 2.43 bits per heavy atom. The molecule has 0 aliphatic heterocycles. The summed E-state index contributed by atoms with van der Waals surface area (Å²) in [4.78, 5) is 12.7. The Morgan fingerprint density at radius 1 is 1.05 bits per heavy atom. The Labute approximate surface area is 123 Å². The number of ketones is 1. The highest BCUT2D eigenvalue weighted by Crippen LogP contribution is 2.23. The van der Waals surface area contributed by atoms with Gasteiger partial charge in [-0.25, -0.2) is 0 Å². The van der Waals surface area contributed by atoms with Gasteiger partial charge in [0, 0.05) is 17.7 Å². The Hall–Kier alpha value is -2.33. The van der Waals surface area contributed by atoms with Crippen LogP contribution in [0.4, 0.5) is 0 Å². The van der Waals surface area contributed by atoms with Crippen LogP contribution in [0.25, 0.3) is 0 Å². The second kappa shape index (κ2) is 6.90. The van der Waals surface area contributed by atoms with Gasteiger partial charge in [0.2, 0.25) is 0 Å². The molecule has 2 rings (SSSR count). The molecule has 21 heavy (non-hydrogen) atoms. The first-order chi connectivity index (χ1) is 10.2. The summed E-state index contributed by atoms with van der Waals surface area (Å²) in [5.41, 5.74) is 1.88. The van der Waals surface area contributed by atoms with Gasteiger partial charge < -0.3 is 14.6 Å². The quantitative estimate of drug-likeness (QED) is 0.829. The smallest absolute Gasteiger partial charge is 0.193 e. The fourth-order valence-electron chi connectivity index (χ4n) is 2.15. The van der Waals surface area contributed by atoms with Crippen molar-refractivity contribution in [2.75, 3.05) is 20.8 Å². The van der Waals surface area contributed by atoms with E-state index in [1.807, 2.05) is 6.07 Å². The molecule has 2 aromatic rings. The predicted octanol–water partition coefficient (Wildman–Crippen LogP) is 2.47. The zero-order chi connectivity index (χ0) is 15.2. The van der Waals surface area contributed by atoms with Crippen molar-refractivity contribution in [3.8, 4) is 11.5 Å². The third-order valence-corrected chi connectivity index (χ3v) is 3.27. The van der Waals surface area contributed by atoms with E-state index in [9.17, 15) is 4.79 Å². The maximum Gasteiger partial charge on any atom is 0.193 e. The minimum Gasteiger partial charge on any atom is -0.497 e. The molecule has 0 aliphatic carbocycles. The molecule has 0 fully saturated rings. The third-order valence-electron chi connectivity index (χ3n) is 3.27. The highest BCUT2D eigenvalue weighted by Gasteiger charge is 2.15. The number of ether oxygens (including phenoxy) is 2. The van der Waals surface area contributed by atoms with Crippen molar-refractivity contribution in [2.45, 2.75) is 6.42 Å². The maximum atomic E-state index is 12.7. The van der Waals surface area contributed by atoms with E-state index in [0.29, 0.717) is 29.0 Å². The Balaban J connectivity index is 2.44. The molecule has 0 bridgehead atoms. The molecule has 0 aromatic heterocycles. The van der Waals surface area contributed by atoms with E-state index >= 15 is 0 Å². The fraction of sp³-hybridized carbons (Fsp3) is 0.235. The molecule has 0 saturated heterocycles. The highest BCUT2D eigenvalue weighted by molar-refractivity contribution is 6.10. The van der Waals surface area contributed by atoms with E-state index in [-0.39, 0.29) is 12.4 Å². The van der Waals surface area contributed by atoms with Gasteiger partial charge in [-0.2, -0.15) is 0 Å². The topological polar surface area (TPSA) is 55.8 Å². The number of hydrogen-bond acceptors (Lipinski definition) is 4. The number of methoxy groups -OCH3 is 2. The van der Waals surface area contributed by atoms with Gasteiger partial charge in [-0.15, -0.1) is 0 Å². The van der Waals surface area contributed by atoms with Crippen molar-refractivity contribution in [1.82, 2.24) is 0 Å². The van der Waals surface area contributed by atoms with E-state index in [0.717, 1.165) is 5.56 Å². The number of aliphatic hydroxyl groups excluding tert-OH is 1. The van der Waals surface area contributed by atoms with Crippen molar-refractivity contribution < 1.29 is 19.4 Å². The molecule has 0 radical (unpaired) electrons. The molecule has 0 heterocycles. The second-order valence-corrected chi connectivity index (χ2v) is 4.56. The minimum atomic E-state index is -0.115. The first-order valence-corrected chi connectivity index (χ1v) is 6.66. The minimum absolute atomic E-state index is 0.00921. The normalized spacial score (nSPS) is 10.2. The average molecular weight is 286 g/mol. The van der Waals surface area contributed by atoms with Crippen LogP contribution in [0.3, 0.4) is 0 Å². The number of carbonyl (C=O) groups is 1. The SMILES string of the molecule is COc1cccc(C(=O)c2cc(OC)ccc2CCO)c1. The first-order valence-electron chi connectivity index (χ1n) is 6.66. The summed E-state index contributed by atoms with van der Waals surface area (Å²) in [5.74, 6) is 1.13. The van der Waals surface area contributed by atoms with Gasteiger partial charge in [0.05, 0.1) is 14.2 Å². The van der Waals surface area contributed by atoms with Gasteiger partial charge in [0.15, 0.2) is 5.78 Å². The van der Waals surface area contributed by atoms with Crippen molar-refractivity contribution >= 4 is 5.78 Å². The molecule has 2 aromatic carbocycles. The zero-order valence-corrected chi connectivity index (χ0v) is 12.1. The molecule has 0 amide bonds. The summed E-state index contributed by atoms with van der Waals surface area (Å²) in [7, 11) is 3.12. The lowest BCUT2D eigenvalue weighted by molar-refractivity contribution is 0.103. The van der Waals surface area contributed by atoms with Crippen molar-refractivity contribution in [1.29, 1.82) is 0 Å². The lowest BCUT2D eigenvalue weighted by atomic mass is 9.96. The van der Waals surface area contributed by atoms with Gasteiger partial charge in [0.25, 0.3) is 0 Å². The lowest BCUT2D eigenvalue weighted by Gasteiger charge is -2.10. The molecule has 0 saturated carbocycles. The summed E-state index contributed by atoms with van der Waals surface area (Å²) in [6.07, 6.45) is 0.426. The third kappa shape index (κ3) is 3.41. The van der Waals surface area contributed by atoms with Gasteiger partial charge in [-0.3, -0.25) is 4.79 Å². The fourth-order valence-corrected chi connectivity index (χ4v) is 2.15. The molecular weight excluding hydrogens is 268 g/mol. The van der Waals surface area contributed by atoms with Crippen LogP contribution in [0.2, 0.25) is 0 Å².